The molecule has 22 heteroatoms. The number of methoxy groups -OCH3 is 1. The van der Waals surface area contributed by atoms with Crippen molar-refractivity contribution in [3.63, 3.8) is 0 Å². The van der Waals surface area contributed by atoms with Crippen LogP contribution in [0.2, 0.25) is 5.02 Å². The highest BCUT2D eigenvalue weighted by atomic mass is 35.5. The van der Waals surface area contributed by atoms with E-state index in [9.17, 15) is 45.3 Å². The Morgan fingerprint density at radius 1 is 0.893 bits per heavy atom. The van der Waals surface area contributed by atoms with Crippen molar-refractivity contribution in [2.24, 2.45) is 0 Å². The number of nitrogens with one attached hydrogen (secondary N) is 2. The second kappa shape index (κ2) is 24.1. The maximum Gasteiger partial charge on any atom is 0.336 e. The van der Waals surface area contributed by atoms with Crippen LogP contribution in [-0.4, -0.2) is 179 Å². The van der Waals surface area contributed by atoms with Crippen molar-refractivity contribution in [1.82, 2.24) is 10.6 Å². The number of aliphatic hydroxyl groups excluding tert-OH is 7. The first-order valence-electron chi connectivity index (χ1n) is 17.0. The Bertz CT molecular complexity index is 1490. The first kappa shape index (κ1) is 48.3. The van der Waals surface area contributed by atoms with Gasteiger partial charge in [-0.3, -0.25) is 14.9 Å². The Labute approximate surface area is 325 Å². The van der Waals surface area contributed by atoms with Gasteiger partial charge in [0.05, 0.1) is 62.9 Å². The number of benzene rings is 1. The third kappa shape index (κ3) is 12.1. The van der Waals surface area contributed by atoms with Crippen LogP contribution in [0.3, 0.4) is 0 Å². The van der Waals surface area contributed by atoms with Crippen LogP contribution in [0, 0.1) is 0 Å². The molecular weight excluding hydrogens is 776 g/mol. The quantitative estimate of drug-likeness (QED) is 0.0503. The molecule has 3 aliphatic rings. The number of esters is 2. The number of halogens is 1. The smallest absolute Gasteiger partial charge is 0.336 e. The standard InChI is InChI=1S/C32H45ClN2O15.2CH2O2/c1-4-47-31(44)22-17(35-14(2)20(30(43)45-3)21(22)15-7-5-6-8-16(15)33)13-46-10-9-34-29-26(41)25(40)28(19(12-37)48-29)50-32-27(42)24(39)23(38)18(11-36)49-32;2*2-1-3/h5-8,18-19,21,23-29,32,34-42H,4,9-13H2,1-3H3;2*1H,(H,2,3)/t18?,19?,21?,23-,24-,25+,26?,27?,28+,29+,32-;;/m0../s1. The van der Waals surface area contributed by atoms with Gasteiger partial charge in [0.1, 0.15) is 55.1 Å². The first-order chi connectivity index (χ1) is 26.7. The molecular formula is C34H49ClN2O19. The minimum Gasteiger partial charge on any atom is -0.483 e. The summed E-state index contributed by atoms with van der Waals surface area (Å²) in [6.07, 6.45) is -15.3. The van der Waals surface area contributed by atoms with Gasteiger partial charge < -0.3 is 79.7 Å². The topological polar surface area (TPSA) is 330 Å². The molecule has 4 rings (SSSR count). The molecule has 0 aliphatic carbocycles. The highest BCUT2D eigenvalue weighted by Crippen LogP contribution is 2.42. The van der Waals surface area contributed by atoms with E-state index in [1.807, 2.05) is 0 Å². The Morgan fingerprint density at radius 3 is 2.09 bits per heavy atom. The summed E-state index contributed by atoms with van der Waals surface area (Å²) in [7, 11) is 1.23. The lowest BCUT2D eigenvalue weighted by atomic mass is 9.80. The van der Waals surface area contributed by atoms with Gasteiger partial charge in [0.2, 0.25) is 0 Å². The van der Waals surface area contributed by atoms with E-state index in [0.717, 1.165) is 0 Å². The Hall–Kier alpha value is -3.81. The van der Waals surface area contributed by atoms with E-state index in [0.29, 0.717) is 22.0 Å². The molecule has 5 unspecified atom stereocenters. The van der Waals surface area contributed by atoms with Crippen LogP contribution in [0.1, 0.15) is 25.3 Å². The predicted molar refractivity (Wildman–Crippen MR) is 188 cm³/mol. The van der Waals surface area contributed by atoms with Crippen molar-refractivity contribution >= 4 is 36.5 Å². The van der Waals surface area contributed by atoms with Gasteiger partial charge in [0.25, 0.3) is 12.9 Å². The SMILES string of the molecule is CCOC(=O)C1=C(COCCN[C@@H]2OC(CO)[C@@H](O[C@@H]3OC(CO)[C@H](O)[C@H](O)C3O)[C@H](O)C2O)NC(C)=C(C(=O)OC)C1c1ccccc1Cl.O=CO.O=CO. The number of aliphatic hydroxyl groups is 7. The van der Waals surface area contributed by atoms with E-state index >= 15 is 0 Å². The molecule has 0 bridgehead atoms. The van der Waals surface area contributed by atoms with Crippen molar-refractivity contribution in [2.75, 3.05) is 46.7 Å². The van der Waals surface area contributed by atoms with E-state index in [1.165, 1.54) is 7.11 Å². The monoisotopic (exact) mass is 824 g/mol. The molecule has 0 spiro atoms. The number of carbonyl (C=O) groups is 4. The minimum absolute atomic E-state index is 0.0120. The van der Waals surface area contributed by atoms with Gasteiger partial charge in [0.15, 0.2) is 6.29 Å². The molecule has 11 atom stereocenters. The number of hydrogen-bond acceptors (Lipinski definition) is 19. The molecule has 1 aromatic rings. The lowest BCUT2D eigenvalue weighted by Crippen LogP contribution is -2.66. The Balaban J connectivity index is 0.00000169. The largest absolute Gasteiger partial charge is 0.483 e. The van der Waals surface area contributed by atoms with E-state index in [4.69, 9.17) is 59.8 Å². The van der Waals surface area contributed by atoms with Gasteiger partial charge in [-0.25, -0.2) is 9.59 Å². The number of rotatable bonds is 14. The molecule has 3 aliphatic heterocycles. The third-order valence-corrected chi connectivity index (χ3v) is 8.95. The van der Waals surface area contributed by atoms with Gasteiger partial charge in [-0.1, -0.05) is 29.8 Å². The van der Waals surface area contributed by atoms with E-state index in [2.05, 4.69) is 10.6 Å². The van der Waals surface area contributed by atoms with Gasteiger partial charge >= 0.3 is 11.9 Å². The third-order valence-electron chi connectivity index (χ3n) is 8.60. The average molecular weight is 825 g/mol. The Morgan fingerprint density at radius 2 is 1.52 bits per heavy atom. The molecule has 0 aromatic heterocycles. The second-order valence-corrected chi connectivity index (χ2v) is 12.4. The normalized spacial score (nSPS) is 30.1. The predicted octanol–water partition coefficient (Wildman–Crippen LogP) is -3.08. The zero-order valence-corrected chi connectivity index (χ0v) is 31.3. The number of carbonyl (C=O) groups excluding carboxylic acids is 2. The summed E-state index contributed by atoms with van der Waals surface area (Å²) in [5, 5.41) is 91.5. The summed E-state index contributed by atoms with van der Waals surface area (Å²) in [6, 6.07) is 6.77. The number of ether oxygens (including phenoxy) is 6. The van der Waals surface area contributed by atoms with Crippen LogP contribution in [-0.2, 0) is 47.6 Å². The fourth-order valence-corrected chi connectivity index (χ4v) is 6.31. The lowest BCUT2D eigenvalue weighted by molar-refractivity contribution is -0.343. The maximum atomic E-state index is 13.4. The molecule has 0 amide bonds. The van der Waals surface area contributed by atoms with Crippen molar-refractivity contribution in [3.8, 4) is 0 Å². The van der Waals surface area contributed by atoms with Crippen molar-refractivity contribution in [1.29, 1.82) is 0 Å². The van der Waals surface area contributed by atoms with Crippen LogP contribution < -0.4 is 10.6 Å². The van der Waals surface area contributed by atoms with E-state index in [1.54, 1.807) is 38.1 Å². The van der Waals surface area contributed by atoms with Gasteiger partial charge in [0, 0.05) is 17.3 Å². The van der Waals surface area contributed by atoms with Crippen molar-refractivity contribution in [2.45, 2.75) is 81.1 Å². The fraction of sp³-hybridized carbons (Fsp3) is 0.588. The van der Waals surface area contributed by atoms with Crippen LogP contribution >= 0.6 is 11.6 Å². The van der Waals surface area contributed by atoms with Gasteiger partial charge in [-0.05, 0) is 25.5 Å². The summed E-state index contributed by atoms with van der Waals surface area (Å²) in [6.45, 7) is 1.35. The van der Waals surface area contributed by atoms with Crippen LogP contribution in [0.15, 0.2) is 46.8 Å². The molecule has 316 valence electrons. The molecule has 56 heavy (non-hydrogen) atoms. The van der Waals surface area contributed by atoms with Gasteiger partial charge in [-0.15, -0.1) is 0 Å². The first-order valence-corrected chi connectivity index (χ1v) is 17.4. The highest BCUT2D eigenvalue weighted by molar-refractivity contribution is 6.31. The zero-order chi connectivity index (χ0) is 42.1. The summed E-state index contributed by atoms with van der Waals surface area (Å²) in [5.74, 6) is -2.30. The maximum absolute atomic E-state index is 13.4. The van der Waals surface area contributed by atoms with Crippen molar-refractivity contribution < 1.29 is 93.6 Å². The van der Waals surface area contributed by atoms with E-state index < -0.39 is 92.4 Å². The summed E-state index contributed by atoms with van der Waals surface area (Å²) >= 11 is 6.53. The molecule has 0 radical (unpaired) electrons. The molecule has 21 nitrogen and oxygen atoms in total. The molecule has 2 saturated heterocycles. The van der Waals surface area contributed by atoms with Crippen LogP contribution in [0.25, 0.3) is 0 Å². The highest BCUT2D eigenvalue weighted by Gasteiger charge is 2.50. The minimum atomic E-state index is -1.78. The number of hydrogen-bond donors (Lipinski definition) is 11. The average Bonchev–Trinajstić information content (AvgIpc) is 3.17. The fourth-order valence-electron chi connectivity index (χ4n) is 6.07. The van der Waals surface area contributed by atoms with E-state index in [-0.39, 0.29) is 50.5 Å². The number of carboxylic acid groups (broad SMARTS) is 2. The van der Waals surface area contributed by atoms with Crippen LogP contribution in [0.5, 0.6) is 0 Å². The number of dihydropyridines is 1. The summed E-state index contributed by atoms with van der Waals surface area (Å²) in [5.41, 5.74) is 1.48. The molecule has 1 aromatic carbocycles. The lowest BCUT2D eigenvalue weighted by Gasteiger charge is -2.46. The second-order valence-electron chi connectivity index (χ2n) is 12.0. The molecule has 2 fully saturated rings. The van der Waals surface area contributed by atoms with Crippen molar-refractivity contribution in [3.05, 3.63) is 57.4 Å². The zero-order valence-electron chi connectivity index (χ0n) is 30.5. The summed E-state index contributed by atoms with van der Waals surface area (Å²) < 4.78 is 32.9. The molecule has 11 N–H and O–H groups in total. The molecule has 3 heterocycles. The molecule has 0 saturated carbocycles. The Kier molecular flexibility index (Phi) is 20.8. The summed E-state index contributed by atoms with van der Waals surface area (Å²) in [4.78, 5) is 43.0. The van der Waals surface area contributed by atoms with Crippen LogP contribution in [0.4, 0.5) is 0 Å². The van der Waals surface area contributed by atoms with Gasteiger partial charge in [-0.2, -0.15) is 0 Å². The number of allylic oxidation sites excluding steroid dienone is 1.